The van der Waals surface area contributed by atoms with E-state index in [9.17, 15) is 14.0 Å². The first-order valence-electron chi connectivity index (χ1n) is 7.07. The molecule has 0 bridgehead atoms. The van der Waals surface area contributed by atoms with E-state index in [1.54, 1.807) is 12.1 Å². The van der Waals surface area contributed by atoms with Crippen LogP contribution in [0.25, 0.3) is 0 Å². The van der Waals surface area contributed by atoms with E-state index in [0.717, 1.165) is 23.3 Å². The summed E-state index contributed by atoms with van der Waals surface area (Å²) in [6.07, 6.45) is -0.967. The summed E-state index contributed by atoms with van der Waals surface area (Å²) in [7, 11) is 0. The van der Waals surface area contributed by atoms with E-state index in [-0.39, 0.29) is 16.4 Å². The molecule has 2 aromatic rings. The number of Topliss-reactive ketones (excluding diaryl/α,β-unsaturated/α-hetero) is 1. The quantitative estimate of drug-likeness (QED) is 0.609. The molecule has 0 aromatic heterocycles. The first-order valence-corrected chi connectivity index (χ1v) is 7.45. The van der Waals surface area contributed by atoms with Crippen molar-refractivity contribution in [3.8, 4) is 0 Å². The average Bonchev–Trinajstić information content (AvgIpc) is 2.49. The second-order valence-electron chi connectivity index (χ2n) is 5.33. The van der Waals surface area contributed by atoms with Crippen molar-refractivity contribution in [3.63, 3.8) is 0 Å². The molecule has 0 radical (unpaired) electrons. The summed E-state index contributed by atoms with van der Waals surface area (Å²) in [4.78, 5) is 24.4. The Morgan fingerprint density at radius 3 is 2.39 bits per heavy atom. The number of halogens is 2. The van der Waals surface area contributed by atoms with E-state index < -0.39 is 17.9 Å². The number of benzene rings is 2. The minimum Gasteiger partial charge on any atom is -0.451 e. The molecule has 0 amide bonds. The Balaban J connectivity index is 2.14. The zero-order valence-corrected chi connectivity index (χ0v) is 13.8. The highest BCUT2D eigenvalue weighted by Gasteiger charge is 2.22. The molecule has 0 heterocycles. The van der Waals surface area contributed by atoms with Gasteiger partial charge in [0.1, 0.15) is 5.82 Å². The van der Waals surface area contributed by atoms with Crippen molar-refractivity contribution in [2.45, 2.75) is 26.9 Å². The zero-order valence-electron chi connectivity index (χ0n) is 13.0. The summed E-state index contributed by atoms with van der Waals surface area (Å²) < 4.78 is 18.2. The van der Waals surface area contributed by atoms with E-state index >= 15 is 0 Å². The lowest BCUT2D eigenvalue weighted by Gasteiger charge is -2.14. The maximum absolute atomic E-state index is 13.0. The van der Waals surface area contributed by atoms with Gasteiger partial charge in [0.25, 0.3) is 0 Å². The normalized spacial score (nSPS) is 11.9. The summed E-state index contributed by atoms with van der Waals surface area (Å²) in [5.74, 6) is -1.62. The maximum Gasteiger partial charge on any atom is 0.340 e. The van der Waals surface area contributed by atoms with E-state index in [2.05, 4.69) is 0 Å². The van der Waals surface area contributed by atoms with Gasteiger partial charge in [-0.2, -0.15) is 0 Å². The van der Waals surface area contributed by atoms with Crippen molar-refractivity contribution in [1.29, 1.82) is 0 Å². The minimum absolute atomic E-state index is 0.0211. The fourth-order valence-electron chi connectivity index (χ4n) is 2.06. The first kappa shape index (κ1) is 17.2. The number of ether oxygens (including phenoxy) is 1. The van der Waals surface area contributed by atoms with Crippen LogP contribution < -0.4 is 0 Å². The van der Waals surface area contributed by atoms with Gasteiger partial charge in [0.05, 0.1) is 10.6 Å². The number of rotatable bonds is 4. The fraction of sp³-hybridized carbons (Fsp3) is 0.222. The van der Waals surface area contributed by atoms with Gasteiger partial charge in [-0.15, -0.1) is 0 Å². The largest absolute Gasteiger partial charge is 0.451 e. The molecule has 0 aliphatic carbocycles. The second kappa shape index (κ2) is 6.92. The Kier molecular flexibility index (Phi) is 5.16. The Labute approximate surface area is 139 Å². The number of hydrogen-bond donors (Lipinski definition) is 0. The van der Waals surface area contributed by atoms with E-state index in [0.29, 0.717) is 5.56 Å². The van der Waals surface area contributed by atoms with Gasteiger partial charge in [-0.3, -0.25) is 4.79 Å². The number of aryl methyl sites for hydroxylation is 2. The SMILES string of the molecule is Cc1ccc(C(=O)C(C)OC(=O)c2ccc(F)cc2Cl)cc1C. The predicted octanol–water partition coefficient (Wildman–Crippen LogP) is 4.52. The van der Waals surface area contributed by atoms with Gasteiger partial charge in [0.15, 0.2) is 6.10 Å². The van der Waals surface area contributed by atoms with Gasteiger partial charge in [-0.1, -0.05) is 23.7 Å². The van der Waals surface area contributed by atoms with Gasteiger partial charge < -0.3 is 4.74 Å². The smallest absolute Gasteiger partial charge is 0.340 e. The number of esters is 1. The standard InChI is InChI=1S/C18H16ClFO3/c1-10-4-5-13(8-11(10)2)17(21)12(3)23-18(22)15-7-6-14(20)9-16(15)19/h4-9,12H,1-3H3. The molecule has 120 valence electrons. The van der Waals surface area contributed by atoms with E-state index in [4.69, 9.17) is 16.3 Å². The van der Waals surface area contributed by atoms with Crippen molar-refractivity contribution in [2.24, 2.45) is 0 Å². The van der Waals surface area contributed by atoms with Crippen LogP contribution >= 0.6 is 11.6 Å². The van der Waals surface area contributed by atoms with Crippen LogP contribution in [0.5, 0.6) is 0 Å². The average molecular weight is 335 g/mol. The molecule has 0 fully saturated rings. The molecule has 2 aromatic carbocycles. The minimum atomic E-state index is -0.967. The molecule has 0 saturated carbocycles. The number of carbonyl (C=O) groups is 2. The van der Waals surface area contributed by atoms with E-state index in [1.165, 1.54) is 13.0 Å². The molecule has 23 heavy (non-hydrogen) atoms. The summed E-state index contributed by atoms with van der Waals surface area (Å²) in [6, 6.07) is 8.65. The van der Waals surface area contributed by atoms with Crippen LogP contribution in [-0.2, 0) is 4.74 Å². The topological polar surface area (TPSA) is 43.4 Å². The highest BCUT2D eigenvalue weighted by molar-refractivity contribution is 6.33. The Morgan fingerprint density at radius 2 is 1.78 bits per heavy atom. The lowest BCUT2D eigenvalue weighted by atomic mass is 10.0. The second-order valence-corrected chi connectivity index (χ2v) is 5.74. The van der Waals surface area contributed by atoms with Crippen molar-refractivity contribution in [2.75, 3.05) is 0 Å². The third-order valence-corrected chi connectivity index (χ3v) is 3.91. The van der Waals surface area contributed by atoms with Crippen molar-refractivity contribution in [1.82, 2.24) is 0 Å². The molecule has 0 aliphatic heterocycles. The molecule has 0 N–H and O–H groups in total. The summed E-state index contributed by atoms with van der Waals surface area (Å²) in [5, 5.41) is -0.0548. The molecule has 0 spiro atoms. The van der Waals surface area contributed by atoms with Crippen LogP contribution in [0.15, 0.2) is 36.4 Å². The van der Waals surface area contributed by atoms with Gasteiger partial charge in [-0.05, 0) is 56.2 Å². The predicted molar refractivity (Wildman–Crippen MR) is 86.5 cm³/mol. The summed E-state index contributed by atoms with van der Waals surface area (Å²) >= 11 is 5.82. The van der Waals surface area contributed by atoms with Crippen LogP contribution in [0, 0.1) is 19.7 Å². The van der Waals surface area contributed by atoms with Gasteiger partial charge in [-0.25, -0.2) is 9.18 Å². The number of carbonyl (C=O) groups excluding carboxylic acids is 2. The van der Waals surface area contributed by atoms with Crippen LogP contribution in [0.3, 0.4) is 0 Å². The number of ketones is 1. The van der Waals surface area contributed by atoms with E-state index in [1.807, 2.05) is 19.9 Å². The summed E-state index contributed by atoms with van der Waals surface area (Å²) in [6.45, 7) is 5.34. The monoisotopic (exact) mass is 334 g/mol. The highest BCUT2D eigenvalue weighted by atomic mass is 35.5. The third kappa shape index (κ3) is 3.96. The molecule has 1 atom stereocenters. The molecule has 1 unspecified atom stereocenters. The Hall–Kier alpha value is -2.20. The van der Waals surface area contributed by atoms with Crippen molar-refractivity contribution >= 4 is 23.4 Å². The molecule has 0 saturated heterocycles. The lowest BCUT2D eigenvalue weighted by Crippen LogP contribution is -2.24. The molecule has 0 aliphatic rings. The molecule has 3 nitrogen and oxygen atoms in total. The highest BCUT2D eigenvalue weighted by Crippen LogP contribution is 2.20. The molecular formula is C18H16ClFO3. The van der Waals surface area contributed by atoms with Crippen LogP contribution in [0.1, 0.15) is 38.8 Å². The maximum atomic E-state index is 13.0. The first-order chi connectivity index (χ1) is 10.8. The molecule has 2 rings (SSSR count). The van der Waals surface area contributed by atoms with Gasteiger partial charge in [0, 0.05) is 5.56 Å². The Morgan fingerprint density at radius 1 is 1.09 bits per heavy atom. The van der Waals surface area contributed by atoms with Crippen LogP contribution in [-0.4, -0.2) is 17.9 Å². The third-order valence-electron chi connectivity index (χ3n) is 3.60. The summed E-state index contributed by atoms with van der Waals surface area (Å²) in [5.41, 5.74) is 2.55. The van der Waals surface area contributed by atoms with Crippen molar-refractivity contribution in [3.05, 3.63) is 69.5 Å². The van der Waals surface area contributed by atoms with Gasteiger partial charge in [0.2, 0.25) is 5.78 Å². The zero-order chi connectivity index (χ0) is 17.1. The lowest BCUT2D eigenvalue weighted by molar-refractivity contribution is 0.0319. The van der Waals surface area contributed by atoms with Crippen molar-refractivity contribution < 1.29 is 18.7 Å². The molecular weight excluding hydrogens is 319 g/mol. The molecule has 5 heteroatoms. The Bertz CT molecular complexity index is 771. The van der Waals surface area contributed by atoms with Crippen LogP contribution in [0.4, 0.5) is 4.39 Å². The fourth-order valence-corrected chi connectivity index (χ4v) is 2.31. The number of hydrogen-bond acceptors (Lipinski definition) is 3. The van der Waals surface area contributed by atoms with Crippen LogP contribution in [0.2, 0.25) is 5.02 Å². The van der Waals surface area contributed by atoms with Gasteiger partial charge >= 0.3 is 5.97 Å².